The molecule has 0 bridgehead atoms. The van der Waals surface area contributed by atoms with Gasteiger partial charge in [0.1, 0.15) is 23.5 Å². The number of imidazole rings is 1. The molecule has 38 heavy (non-hydrogen) atoms. The Kier molecular flexibility index (Phi) is 6.75. The smallest absolute Gasteiger partial charge is 0.303 e. The van der Waals surface area contributed by atoms with Gasteiger partial charge >= 0.3 is 5.97 Å². The summed E-state index contributed by atoms with van der Waals surface area (Å²) in [6.07, 6.45) is 1.96. The van der Waals surface area contributed by atoms with Crippen molar-refractivity contribution in [1.82, 2.24) is 14.5 Å². The first-order chi connectivity index (χ1) is 18.2. The Hall–Kier alpha value is -4.40. The predicted molar refractivity (Wildman–Crippen MR) is 149 cm³/mol. The first kappa shape index (κ1) is 25.3. The maximum absolute atomic E-state index is 11.5. The number of rotatable bonds is 7. The number of ether oxygens (including phenoxy) is 1. The number of nitrogens with one attached hydrogen (secondary N) is 2. The van der Waals surface area contributed by atoms with E-state index in [1.165, 1.54) is 0 Å². The first-order valence-electron chi connectivity index (χ1n) is 12.8. The van der Waals surface area contributed by atoms with Crippen molar-refractivity contribution < 1.29 is 14.6 Å². The lowest BCUT2D eigenvalue weighted by molar-refractivity contribution is -0.137. The van der Waals surface area contributed by atoms with Gasteiger partial charge in [-0.3, -0.25) is 20.2 Å². The van der Waals surface area contributed by atoms with E-state index in [-0.39, 0.29) is 24.8 Å². The van der Waals surface area contributed by atoms with Gasteiger partial charge in [0.05, 0.1) is 29.0 Å². The Morgan fingerprint density at radius 3 is 2.50 bits per heavy atom. The van der Waals surface area contributed by atoms with Crippen LogP contribution in [-0.4, -0.2) is 56.4 Å². The van der Waals surface area contributed by atoms with Crippen LogP contribution in [0.5, 0.6) is 5.75 Å². The lowest BCUT2D eigenvalue weighted by Crippen LogP contribution is -2.40. The molecule has 196 valence electrons. The maximum Gasteiger partial charge on any atom is 0.303 e. The van der Waals surface area contributed by atoms with Gasteiger partial charge in [0.15, 0.2) is 0 Å². The SMILES string of the molecule is CC(=N)N1CCC(Oc2cc(C)c3nc(CCC(=O)O)n(-c4ccc(C(=N)N)c5ccccc45)c3c2)CC1. The highest BCUT2D eigenvalue weighted by Gasteiger charge is 2.23. The number of fused-ring (bicyclic) bond motifs is 2. The number of hydrogen-bond donors (Lipinski definition) is 4. The number of aryl methyl sites for hydroxylation is 2. The number of carboxylic acid groups (broad SMARTS) is 1. The molecule has 0 aliphatic carbocycles. The molecule has 0 radical (unpaired) electrons. The number of amidine groups is 2. The van der Waals surface area contributed by atoms with Gasteiger partial charge in [-0.25, -0.2) is 4.98 Å². The largest absolute Gasteiger partial charge is 0.490 e. The van der Waals surface area contributed by atoms with Crippen LogP contribution in [0.15, 0.2) is 48.5 Å². The van der Waals surface area contributed by atoms with Gasteiger partial charge in [-0.15, -0.1) is 0 Å². The highest BCUT2D eigenvalue weighted by Crippen LogP contribution is 2.34. The molecule has 2 heterocycles. The Labute approximate surface area is 220 Å². The number of hydrogen-bond acceptors (Lipinski definition) is 5. The number of aliphatic carboxylic acids is 1. The Morgan fingerprint density at radius 1 is 1.13 bits per heavy atom. The van der Waals surface area contributed by atoms with Gasteiger partial charge in [0.25, 0.3) is 0 Å². The normalized spacial score (nSPS) is 14.2. The lowest BCUT2D eigenvalue weighted by Gasteiger charge is -2.32. The van der Waals surface area contributed by atoms with E-state index in [0.29, 0.717) is 17.2 Å². The minimum absolute atomic E-state index is 0.00914. The van der Waals surface area contributed by atoms with E-state index in [9.17, 15) is 9.90 Å². The second kappa shape index (κ2) is 10.2. The van der Waals surface area contributed by atoms with Crippen LogP contribution < -0.4 is 10.5 Å². The number of nitrogens with two attached hydrogens (primary N) is 1. The Balaban J connectivity index is 1.63. The average Bonchev–Trinajstić information content (AvgIpc) is 3.25. The third-order valence-electron chi connectivity index (χ3n) is 7.21. The van der Waals surface area contributed by atoms with Crippen LogP contribution in [0.2, 0.25) is 0 Å². The van der Waals surface area contributed by atoms with Gasteiger partial charge < -0.3 is 20.5 Å². The van der Waals surface area contributed by atoms with E-state index >= 15 is 0 Å². The van der Waals surface area contributed by atoms with Crippen LogP contribution in [0, 0.1) is 17.7 Å². The van der Waals surface area contributed by atoms with Crippen molar-refractivity contribution in [2.24, 2.45) is 5.73 Å². The molecule has 0 unspecified atom stereocenters. The highest BCUT2D eigenvalue weighted by atomic mass is 16.5. The number of nitrogen functional groups attached to an aromatic ring is 1. The number of nitrogens with zero attached hydrogens (tertiary/aromatic N) is 3. The zero-order valence-electron chi connectivity index (χ0n) is 21.6. The van der Waals surface area contributed by atoms with Crippen LogP contribution in [0.25, 0.3) is 27.5 Å². The lowest BCUT2D eigenvalue weighted by atomic mass is 10.0. The molecule has 4 aromatic rings. The molecule has 1 fully saturated rings. The number of likely N-dealkylation sites (tertiary alicyclic amines) is 1. The summed E-state index contributed by atoms with van der Waals surface area (Å²) in [6.45, 7) is 5.40. The van der Waals surface area contributed by atoms with Crippen molar-refractivity contribution in [3.63, 3.8) is 0 Å². The number of aromatic nitrogens is 2. The molecule has 9 heteroatoms. The number of carboxylic acids is 1. The zero-order valence-corrected chi connectivity index (χ0v) is 21.6. The second-order valence-corrected chi connectivity index (χ2v) is 9.85. The summed E-state index contributed by atoms with van der Waals surface area (Å²) >= 11 is 0. The molecule has 9 nitrogen and oxygen atoms in total. The van der Waals surface area contributed by atoms with Crippen molar-refractivity contribution in [2.75, 3.05) is 13.1 Å². The van der Waals surface area contributed by atoms with Crippen molar-refractivity contribution >= 4 is 39.4 Å². The van der Waals surface area contributed by atoms with E-state index in [0.717, 1.165) is 64.7 Å². The summed E-state index contributed by atoms with van der Waals surface area (Å²) in [5, 5.41) is 27.1. The molecule has 5 rings (SSSR count). The van der Waals surface area contributed by atoms with Gasteiger partial charge in [0.2, 0.25) is 0 Å². The third kappa shape index (κ3) is 4.79. The van der Waals surface area contributed by atoms with Crippen molar-refractivity contribution in [3.05, 3.63) is 65.5 Å². The molecule has 0 amide bonds. The van der Waals surface area contributed by atoms with E-state index in [1.54, 1.807) is 0 Å². The molecular weight excluding hydrogens is 480 g/mol. The highest BCUT2D eigenvalue weighted by molar-refractivity contribution is 6.10. The summed E-state index contributed by atoms with van der Waals surface area (Å²) in [5.41, 5.74) is 9.95. The van der Waals surface area contributed by atoms with Crippen molar-refractivity contribution in [3.8, 4) is 11.4 Å². The van der Waals surface area contributed by atoms with Gasteiger partial charge in [-0.2, -0.15) is 0 Å². The first-order valence-corrected chi connectivity index (χ1v) is 12.8. The van der Waals surface area contributed by atoms with Crippen LogP contribution in [0.3, 0.4) is 0 Å². The van der Waals surface area contributed by atoms with Gasteiger partial charge in [-0.1, -0.05) is 24.3 Å². The summed E-state index contributed by atoms with van der Waals surface area (Å²) in [4.78, 5) is 18.4. The zero-order chi connectivity index (χ0) is 27.0. The quantitative estimate of drug-likeness (QED) is 0.210. The van der Waals surface area contributed by atoms with Crippen LogP contribution in [-0.2, 0) is 11.2 Å². The minimum Gasteiger partial charge on any atom is -0.490 e. The fraction of sp³-hybridized carbons (Fsp3) is 0.310. The van der Waals surface area contributed by atoms with Crippen molar-refractivity contribution in [2.45, 2.75) is 45.6 Å². The van der Waals surface area contributed by atoms with E-state index in [1.807, 2.05) is 66.9 Å². The molecule has 0 spiro atoms. The molecule has 3 aromatic carbocycles. The topological polar surface area (TPSA) is 141 Å². The Morgan fingerprint density at radius 2 is 1.84 bits per heavy atom. The minimum atomic E-state index is -0.882. The number of benzene rings is 3. The maximum atomic E-state index is 11.5. The standard InChI is InChI=1S/C29H32N6O3/c1-17-15-20(38-19-11-13-34(14-12-19)18(2)30)16-25-28(17)33-26(9-10-27(36)37)35(25)24-8-7-23(29(31)32)21-5-3-4-6-22(21)24/h3-8,15-16,19,30H,9-14H2,1-2H3,(H3,31,32)(H,36,37). The summed E-state index contributed by atoms with van der Waals surface area (Å²) in [6, 6.07) is 15.5. The number of piperidine rings is 1. The molecule has 1 saturated heterocycles. The van der Waals surface area contributed by atoms with Crippen LogP contribution >= 0.6 is 0 Å². The van der Waals surface area contributed by atoms with Gasteiger partial charge in [0, 0.05) is 49.4 Å². The monoisotopic (exact) mass is 512 g/mol. The van der Waals surface area contributed by atoms with Crippen molar-refractivity contribution in [1.29, 1.82) is 10.8 Å². The van der Waals surface area contributed by atoms with E-state index in [4.69, 9.17) is 26.3 Å². The summed E-state index contributed by atoms with van der Waals surface area (Å²) < 4.78 is 8.45. The fourth-order valence-electron chi connectivity index (χ4n) is 5.30. The molecule has 0 atom stereocenters. The molecular formula is C29H32N6O3. The average molecular weight is 513 g/mol. The Bertz CT molecular complexity index is 1570. The van der Waals surface area contributed by atoms with E-state index < -0.39 is 5.97 Å². The van der Waals surface area contributed by atoms with Crippen LogP contribution in [0.1, 0.15) is 43.1 Å². The van der Waals surface area contributed by atoms with E-state index in [2.05, 4.69) is 4.90 Å². The summed E-state index contributed by atoms with van der Waals surface area (Å²) in [7, 11) is 0. The predicted octanol–water partition coefficient (Wildman–Crippen LogP) is 4.63. The second-order valence-electron chi connectivity index (χ2n) is 9.85. The fourth-order valence-corrected chi connectivity index (χ4v) is 5.30. The van der Waals surface area contributed by atoms with Crippen LogP contribution in [0.4, 0.5) is 0 Å². The molecule has 1 aromatic heterocycles. The molecule has 1 aliphatic heterocycles. The molecule has 5 N–H and O–H groups in total. The molecule has 0 saturated carbocycles. The third-order valence-corrected chi connectivity index (χ3v) is 7.21. The molecule has 1 aliphatic rings. The summed E-state index contributed by atoms with van der Waals surface area (Å²) in [5.74, 6) is 1.09. The van der Waals surface area contributed by atoms with Gasteiger partial charge in [-0.05, 0) is 43.0 Å². The number of carbonyl (C=O) groups is 1.